The molecule has 0 fully saturated rings. The summed E-state index contributed by atoms with van der Waals surface area (Å²) in [7, 11) is -1.72. The maximum atomic E-state index is 11.5. The van der Waals surface area contributed by atoms with Gasteiger partial charge in [0.05, 0.1) is 10.4 Å². The smallest absolute Gasteiger partial charge is 0.238 e. The number of anilines is 1. The molecule has 1 unspecified atom stereocenters. The fraction of sp³-hybridized carbons (Fsp3) is 0.333. The van der Waals surface area contributed by atoms with Crippen molar-refractivity contribution in [1.29, 1.82) is 0 Å². The largest absolute Gasteiger partial charge is 0.364 e. The Balaban J connectivity index is 1.58. The number of allylic oxidation sites excluding steroid dienone is 3. The van der Waals surface area contributed by atoms with E-state index in [1.54, 1.807) is 12.1 Å². The highest BCUT2D eigenvalue weighted by atomic mass is 32.2. The summed E-state index contributed by atoms with van der Waals surface area (Å²) in [6, 6.07) is 8.51. The molecule has 7 nitrogen and oxygen atoms in total. The Morgan fingerprint density at radius 2 is 1.97 bits per heavy atom. The SMILES string of the molecule is CC(C)SC1CC=CC=C1CNc1nc(Cc2ccc(S(N)(=O)=O)cc2)nc2ccn(C)c12. The Hall–Kier alpha value is -2.62. The fourth-order valence-electron chi connectivity index (χ4n) is 3.91. The van der Waals surface area contributed by atoms with Crippen LogP contribution in [0.5, 0.6) is 0 Å². The minimum atomic E-state index is -3.71. The molecule has 2 heterocycles. The zero-order valence-electron chi connectivity index (χ0n) is 19.0. The van der Waals surface area contributed by atoms with Gasteiger partial charge in [0.2, 0.25) is 10.0 Å². The lowest BCUT2D eigenvalue weighted by Crippen LogP contribution is -2.19. The number of sulfonamides is 1. The van der Waals surface area contributed by atoms with Crippen LogP contribution in [0.25, 0.3) is 11.0 Å². The maximum absolute atomic E-state index is 11.5. The summed E-state index contributed by atoms with van der Waals surface area (Å²) in [5.74, 6) is 1.47. The molecule has 4 rings (SSSR count). The molecular formula is C24H29N5O2S2. The van der Waals surface area contributed by atoms with E-state index in [1.165, 1.54) is 17.7 Å². The average Bonchev–Trinajstić information content (AvgIpc) is 3.13. The molecule has 3 aromatic rings. The summed E-state index contributed by atoms with van der Waals surface area (Å²) < 4.78 is 25.1. The van der Waals surface area contributed by atoms with Crippen molar-refractivity contribution in [2.24, 2.45) is 12.2 Å². The van der Waals surface area contributed by atoms with Crippen LogP contribution in [0.3, 0.4) is 0 Å². The van der Waals surface area contributed by atoms with E-state index in [4.69, 9.17) is 15.1 Å². The van der Waals surface area contributed by atoms with Gasteiger partial charge in [-0.2, -0.15) is 11.8 Å². The highest BCUT2D eigenvalue weighted by Gasteiger charge is 2.19. The van der Waals surface area contributed by atoms with Crippen molar-refractivity contribution in [3.63, 3.8) is 0 Å². The van der Waals surface area contributed by atoms with Crippen molar-refractivity contribution >= 4 is 38.6 Å². The number of nitrogens with two attached hydrogens (primary N) is 1. The standard InChI is InChI=1S/C24H29N5O2S2/c1-16(2)32-21-7-5-4-6-18(21)15-26-24-23-20(12-13-29(23)3)27-22(28-24)14-17-8-10-19(11-9-17)33(25,30)31/h4-6,8-13,16,21H,7,14-15H2,1-3H3,(H2,25,30,31)(H,26,27,28). The van der Waals surface area contributed by atoms with Crippen LogP contribution in [0.2, 0.25) is 0 Å². The average molecular weight is 484 g/mol. The van der Waals surface area contributed by atoms with Crippen LogP contribution in [-0.2, 0) is 23.5 Å². The number of benzene rings is 1. The minimum absolute atomic E-state index is 0.0941. The molecule has 174 valence electrons. The molecule has 1 aliphatic carbocycles. The van der Waals surface area contributed by atoms with Crippen molar-refractivity contribution in [3.05, 3.63) is 71.7 Å². The third-order valence-corrected chi connectivity index (χ3v) is 7.78. The second-order valence-corrected chi connectivity index (χ2v) is 11.8. The monoisotopic (exact) mass is 483 g/mol. The van der Waals surface area contributed by atoms with Gasteiger partial charge in [-0.25, -0.2) is 23.5 Å². The van der Waals surface area contributed by atoms with E-state index in [0.29, 0.717) is 29.3 Å². The van der Waals surface area contributed by atoms with Crippen LogP contribution in [-0.4, -0.2) is 40.0 Å². The van der Waals surface area contributed by atoms with Crippen molar-refractivity contribution < 1.29 is 8.42 Å². The first-order chi connectivity index (χ1) is 15.7. The molecule has 0 spiro atoms. The van der Waals surface area contributed by atoms with Crippen LogP contribution >= 0.6 is 11.8 Å². The molecule has 0 amide bonds. The summed E-state index contributed by atoms with van der Waals surface area (Å²) >= 11 is 1.99. The van der Waals surface area contributed by atoms with E-state index in [2.05, 4.69) is 37.4 Å². The Bertz CT molecular complexity index is 1310. The lowest BCUT2D eigenvalue weighted by Gasteiger charge is -2.23. The van der Waals surface area contributed by atoms with Gasteiger partial charge in [-0.15, -0.1) is 0 Å². The zero-order chi connectivity index (χ0) is 23.6. The third kappa shape index (κ3) is 5.66. The topological polar surface area (TPSA) is 103 Å². The lowest BCUT2D eigenvalue weighted by molar-refractivity contribution is 0.598. The van der Waals surface area contributed by atoms with Crippen LogP contribution in [0.1, 0.15) is 31.7 Å². The predicted octanol–water partition coefficient (Wildman–Crippen LogP) is 4.01. The molecule has 1 aliphatic rings. The minimum Gasteiger partial charge on any atom is -0.364 e. The number of nitrogens with one attached hydrogen (secondary N) is 1. The number of aromatic nitrogens is 3. The lowest BCUT2D eigenvalue weighted by atomic mass is 10.0. The van der Waals surface area contributed by atoms with E-state index < -0.39 is 10.0 Å². The number of rotatable bonds is 8. The molecule has 0 aliphatic heterocycles. The number of primary sulfonamides is 1. The molecular weight excluding hydrogens is 454 g/mol. The van der Waals surface area contributed by atoms with Crippen LogP contribution in [0.15, 0.2) is 65.2 Å². The molecule has 2 aromatic heterocycles. The Morgan fingerprint density at radius 1 is 1.21 bits per heavy atom. The summed E-state index contributed by atoms with van der Waals surface area (Å²) in [6.45, 7) is 5.18. The molecule has 33 heavy (non-hydrogen) atoms. The highest BCUT2D eigenvalue weighted by Crippen LogP contribution is 2.30. The summed E-state index contributed by atoms with van der Waals surface area (Å²) in [5, 5.41) is 9.79. The number of hydrogen-bond donors (Lipinski definition) is 2. The Morgan fingerprint density at radius 3 is 2.67 bits per heavy atom. The van der Waals surface area contributed by atoms with Gasteiger partial charge >= 0.3 is 0 Å². The van der Waals surface area contributed by atoms with Crippen LogP contribution in [0, 0.1) is 0 Å². The quantitative estimate of drug-likeness (QED) is 0.502. The van der Waals surface area contributed by atoms with Gasteiger partial charge in [0.15, 0.2) is 5.82 Å². The van der Waals surface area contributed by atoms with Crippen molar-refractivity contribution in [3.8, 4) is 0 Å². The number of fused-ring (bicyclic) bond motifs is 1. The maximum Gasteiger partial charge on any atom is 0.238 e. The van der Waals surface area contributed by atoms with Gasteiger partial charge in [-0.1, -0.05) is 44.2 Å². The van der Waals surface area contributed by atoms with Crippen LogP contribution in [0.4, 0.5) is 5.82 Å². The van der Waals surface area contributed by atoms with Gasteiger partial charge < -0.3 is 9.88 Å². The van der Waals surface area contributed by atoms with Crippen molar-refractivity contribution in [1.82, 2.24) is 14.5 Å². The summed E-state index contributed by atoms with van der Waals surface area (Å²) in [6.07, 6.45) is 10.1. The van der Waals surface area contributed by atoms with Crippen molar-refractivity contribution in [2.45, 2.75) is 42.1 Å². The van der Waals surface area contributed by atoms with Crippen LogP contribution < -0.4 is 10.5 Å². The number of hydrogen-bond acceptors (Lipinski definition) is 6. The van der Waals surface area contributed by atoms with Crippen molar-refractivity contribution in [2.75, 3.05) is 11.9 Å². The molecule has 0 saturated carbocycles. The van der Waals surface area contributed by atoms with Gasteiger partial charge in [0, 0.05) is 31.5 Å². The summed E-state index contributed by atoms with van der Waals surface area (Å²) in [5.41, 5.74) is 4.11. The second-order valence-electron chi connectivity index (χ2n) is 8.45. The van der Waals surface area contributed by atoms with E-state index in [1.807, 2.05) is 35.6 Å². The number of aryl methyl sites for hydroxylation is 1. The highest BCUT2D eigenvalue weighted by molar-refractivity contribution is 8.00. The fourth-order valence-corrected chi connectivity index (χ4v) is 5.64. The molecule has 1 atom stereocenters. The molecule has 0 radical (unpaired) electrons. The van der Waals surface area contributed by atoms with E-state index in [9.17, 15) is 8.42 Å². The first-order valence-corrected chi connectivity index (χ1v) is 13.4. The molecule has 0 saturated heterocycles. The predicted molar refractivity (Wildman–Crippen MR) is 136 cm³/mol. The zero-order valence-corrected chi connectivity index (χ0v) is 20.7. The number of nitrogens with zero attached hydrogens (tertiary/aromatic N) is 3. The Labute approximate surface area is 199 Å². The third-order valence-electron chi connectivity index (χ3n) is 5.49. The first kappa shape index (κ1) is 23.5. The van der Waals surface area contributed by atoms with E-state index in [0.717, 1.165) is 28.8 Å². The van der Waals surface area contributed by atoms with Gasteiger partial charge in [0.1, 0.15) is 11.3 Å². The first-order valence-electron chi connectivity index (χ1n) is 10.9. The van der Waals surface area contributed by atoms with Gasteiger partial charge in [0.25, 0.3) is 0 Å². The number of thioether (sulfide) groups is 1. The normalized spacial score (nSPS) is 16.4. The van der Waals surface area contributed by atoms with Gasteiger partial charge in [-0.05, 0) is 41.0 Å². The van der Waals surface area contributed by atoms with E-state index >= 15 is 0 Å². The Kier molecular flexibility index (Phi) is 6.92. The molecule has 1 aromatic carbocycles. The molecule has 9 heteroatoms. The summed E-state index contributed by atoms with van der Waals surface area (Å²) in [4.78, 5) is 9.65. The second kappa shape index (κ2) is 9.70. The van der Waals surface area contributed by atoms with E-state index in [-0.39, 0.29) is 4.90 Å². The molecule has 0 bridgehead atoms. The molecule has 3 N–H and O–H groups in total. The van der Waals surface area contributed by atoms with Gasteiger partial charge in [-0.3, -0.25) is 0 Å².